The summed E-state index contributed by atoms with van der Waals surface area (Å²) in [6.07, 6.45) is 0.986. The van der Waals surface area contributed by atoms with Crippen LogP contribution in [0.15, 0.2) is 22.7 Å². The van der Waals surface area contributed by atoms with Gasteiger partial charge in [-0.2, -0.15) is 0 Å². The average molecular weight is 376 g/mol. The minimum absolute atomic E-state index is 0.290. The van der Waals surface area contributed by atoms with Crippen LogP contribution in [-0.4, -0.2) is 22.6 Å². The minimum Gasteiger partial charge on any atom is -0.360 e. The molecule has 1 aromatic heterocycles. The van der Waals surface area contributed by atoms with E-state index in [1.807, 2.05) is 0 Å². The highest BCUT2D eigenvalue weighted by Gasteiger charge is 2.13. The molecule has 0 aliphatic heterocycles. The molecule has 2 aromatic rings. The third-order valence-corrected chi connectivity index (χ3v) is 4.42. The molecular formula is C12H12BrClN4OS. The molecule has 2 N–H and O–H groups in total. The van der Waals surface area contributed by atoms with Crippen LogP contribution >= 0.6 is 38.9 Å². The molecule has 0 bridgehead atoms. The second kappa shape index (κ2) is 7.01. The molecule has 0 saturated heterocycles. The van der Waals surface area contributed by atoms with Crippen molar-refractivity contribution in [3.05, 3.63) is 32.7 Å². The molecule has 8 heteroatoms. The average Bonchev–Trinajstić information content (AvgIpc) is 2.89. The summed E-state index contributed by atoms with van der Waals surface area (Å²) >= 11 is 10.4. The Bertz CT molecular complexity index is 619. The van der Waals surface area contributed by atoms with Gasteiger partial charge in [0.1, 0.15) is 0 Å². The maximum absolute atomic E-state index is 12.0. The Morgan fingerprint density at radius 2 is 2.25 bits per heavy atom. The quantitative estimate of drug-likeness (QED) is 0.828. The number of rotatable bonds is 5. The monoisotopic (exact) mass is 374 g/mol. The fourth-order valence-corrected chi connectivity index (χ4v) is 2.54. The first-order valence-electron chi connectivity index (χ1n) is 5.94. The third-order valence-electron chi connectivity index (χ3n) is 2.32. The lowest BCUT2D eigenvalue weighted by Gasteiger charge is -2.04. The Kier molecular flexibility index (Phi) is 5.33. The number of hydrogen-bond donors (Lipinski definition) is 2. The number of amides is 1. The number of carbonyl (C=O) groups is 1. The van der Waals surface area contributed by atoms with Gasteiger partial charge in [-0.15, -0.1) is 10.2 Å². The smallest absolute Gasteiger partial charge is 0.286 e. The van der Waals surface area contributed by atoms with Crippen molar-refractivity contribution >= 4 is 55.6 Å². The largest absolute Gasteiger partial charge is 0.360 e. The van der Waals surface area contributed by atoms with Crippen molar-refractivity contribution < 1.29 is 4.79 Å². The summed E-state index contributed by atoms with van der Waals surface area (Å²) in [5, 5.41) is 15.2. The summed E-state index contributed by atoms with van der Waals surface area (Å²) in [6.45, 7) is 2.86. The Hall–Kier alpha value is -1.18. The molecule has 0 unspecified atom stereocenters. The number of anilines is 2. The Labute approximate surface area is 133 Å². The van der Waals surface area contributed by atoms with Crippen molar-refractivity contribution in [2.75, 3.05) is 17.2 Å². The van der Waals surface area contributed by atoms with Crippen molar-refractivity contribution in [2.24, 2.45) is 0 Å². The summed E-state index contributed by atoms with van der Waals surface area (Å²) in [5.41, 5.74) is 0.643. The summed E-state index contributed by atoms with van der Waals surface area (Å²) in [5.74, 6) is -0.290. The zero-order valence-corrected chi connectivity index (χ0v) is 13.8. The number of carbonyl (C=O) groups excluding carboxylic acids is 1. The lowest BCUT2D eigenvalue weighted by molar-refractivity contribution is 0.102. The van der Waals surface area contributed by atoms with Gasteiger partial charge < -0.3 is 10.6 Å². The van der Waals surface area contributed by atoms with Gasteiger partial charge in [-0.3, -0.25) is 4.79 Å². The fraction of sp³-hybridized carbons (Fsp3) is 0.250. The summed E-state index contributed by atoms with van der Waals surface area (Å²) in [7, 11) is 0. The van der Waals surface area contributed by atoms with E-state index in [9.17, 15) is 4.79 Å². The summed E-state index contributed by atoms with van der Waals surface area (Å²) in [4.78, 5) is 12.0. The van der Waals surface area contributed by atoms with Gasteiger partial charge in [0, 0.05) is 16.7 Å². The zero-order chi connectivity index (χ0) is 14.5. The predicted octanol–water partition coefficient (Wildman–Crippen LogP) is 4.03. The predicted molar refractivity (Wildman–Crippen MR) is 85.8 cm³/mol. The van der Waals surface area contributed by atoms with E-state index >= 15 is 0 Å². The van der Waals surface area contributed by atoms with E-state index in [1.165, 1.54) is 11.3 Å². The third kappa shape index (κ3) is 3.91. The molecule has 20 heavy (non-hydrogen) atoms. The molecule has 0 atom stereocenters. The Balaban J connectivity index is 2.03. The van der Waals surface area contributed by atoms with E-state index in [4.69, 9.17) is 11.6 Å². The van der Waals surface area contributed by atoms with E-state index in [0.717, 1.165) is 17.4 Å². The first-order valence-corrected chi connectivity index (χ1v) is 7.92. The van der Waals surface area contributed by atoms with Gasteiger partial charge in [-0.25, -0.2) is 0 Å². The molecule has 0 fully saturated rings. The van der Waals surface area contributed by atoms with Crippen molar-refractivity contribution in [2.45, 2.75) is 13.3 Å². The van der Waals surface area contributed by atoms with E-state index in [2.05, 4.69) is 43.7 Å². The number of nitrogens with one attached hydrogen (secondary N) is 2. The second-order valence-corrected chi connectivity index (χ2v) is 6.16. The first-order chi connectivity index (χ1) is 9.60. The van der Waals surface area contributed by atoms with Gasteiger partial charge in [-0.1, -0.05) is 29.9 Å². The molecular weight excluding hydrogens is 364 g/mol. The van der Waals surface area contributed by atoms with Gasteiger partial charge in [0.05, 0.1) is 5.02 Å². The number of benzene rings is 1. The highest BCUT2D eigenvalue weighted by Crippen LogP contribution is 2.26. The van der Waals surface area contributed by atoms with Crippen molar-refractivity contribution in [1.29, 1.82) is 0 Å². The van der Waals surface area contributed by atoms with Gasteiger partial charge in [0.15, 0.2) is 0 Å². The van der Waals surface area contributed by atoms with Crippen LogP contribution < -0.4 is 10.6 Å². The van der Waals surface area contributed by atoms with Gasteiger partial charge in [0.25, 0.3) is 5.91 Å². The van der Waals surface area contributed by atoms with Gasteiger partial charge >= 0.3 is 0 Å². The maximum Gasteiger partial charge on any atom is 0.286 e. The van der Waals surface area contributed by atoms with Crippen LogP contribution in [0.2, 0.25) is 5.02 Å². The molecule has 106 valence electrons. The molecule has 0 radical (unpaired) electrons. The summed E-state index contributed by atoms with van der Waals surface area (Å²) < 4.78 is 0.722. The van der Waals surface area contributed by atoms with Crippen LogP contribution in [0.5, 0.6) is 0 Å². The molecule has 0 aliphatic carbocycles. The van der Waals surface area contributed by atoms with Gasteiger partial charge in [-0.05, 0) is 40.5 Å². The number of halogens is 2. The molecule has 2 rings (SSSR count). The fourth-order valence-electron chi connectivity index (χ4n) is 1.38. The SMILES string of the molecule is CCCNc1nnc(C(=O)Nc2ccc(Cl)c(Br)c2)s1. The van der Waals surface area contributed by atoms with E-state index in [-0.39, 0.29) is 5.91 Å². The lowest BCUT2D eigenvalue weighted by Crippen LogP contribution is -2.11. The Morgan fingerprint density at radius 1 is 1.45 bits per heavy atom. The number of nitrogens with zero attached hydrogens (tertiary/aromatic N) is 2. The molecule has 0 saturated carbocycles. The highest BCUT2D eigenvalue weighted by atomic mass is 79.9. The second-order valence-electron chi connectivity index (χ2n) is 3.92. The minimum atomic E-state index is -0.290. The van der Waals surface area contributed by atoms with Crippen LogP contribution in [0.25, 0.3) is 0 Å². The molecule has 1 heterocycles. The van der Waals surface area contributed by atoms with Crippen molar-refractivity contribution in [3.63, 3.8) is 0 Å². The number of aromatic nitrogens is 2. The van der Waals surface area contributed by atoms with Crippen LogP contribution in [0.4, 0.5) is 10.8 Å². The maximum atomic E-state index is 12.0. The highest BCUT2D eigenvalue weighted by molar-refractivity contribution is 9.10. The van der Waals surface area contributed by atoms with E-state index in [0.29, 0.717) is 20.8 Å². The van der Waals surface area contributed by atoms with Gasteiger partial charge in [0.2, 0.25) is 10.1 Å². The van der Waals surface area contributed by atoms with E-state index in [1.54, 1.807) is 18.2 Å². The Morgan fingerprint density at radius 3 is 2.95 bits per heavy atom. The zero-order valence-electron chi connectivity index (χ0n) is 10.6. The molecule has 0 aliphatic rings. The van der Waals surface area contributed by atoms with Crippen LogP contribution in [0.3, 0.4) is 0 Å². The molecule has 5 nitrogen and oxygen atoms in total. The molecule has 1 aromatic carbocycles. The van der Waals surface area contributed by atoms with E-state index < -0.39 is 0 Å². The first kappa shape index (κ1) is 15.2. The van der Waals surface area contributed by atoms with Crippen LogP contribution in [-0.2, 0) is 0 Å². The number of hydrogen-bond acceptors (Lipinski definition) is 5. The normalized spacial score (nSPS) is 10.3. The van der Waals surface area contributed by atoms with Crippen LogP contribution in [0, 0.1) is 0 Å². The topological polar surface area (TPSA) is 66.9 Å². The van der Waals surface area contributed by atoms with Crippen molar-refractivity contribution in [1.82, 2.24) is 10.2 Å². The molecule has 0 spiro atoms. The summed E-state index contributed by atoms with van der Waals surface area (Å²) in [6, 6.07) is 5.16. The van der Waals surface area contributed by atoms with Crippen molar-refractivity contribution in [3.8, 4) is 0 Å². The van der Waals surface area contributed by atoms with Crippen LogP contribution in [0.1, 0.15) is 23.1 Å². The standard InChI is InChI=1S/C12H12BrClN4OS/c1-2-5-15-12-18-17-11(20-12)10(19)16-7-3-4-9(14)8(13)6-7/h3-4,6H,2,5H2,1H3,(H,15,18)(H,16,19). The lowest BCUT2D eigenvalue weighted by atomic mass is 10.3. The molecule has 1 amide bonds.